The minimum atomic E-state index is 0.212. The molecule has 0 fully saturated rings. The predicted molar refractivity (Wildman–Crippen MR) is 47.9 cm³/mol. The molecule has 0 N–H and O–H groups in total. The average Bonchev–Trinajstić information content (AvgIpc) is 2.47. The number of aryl methyl sites for hydroxylation is 1. The van der Waals surface area contributed by atoms with Gasteiger partial charge in [-0.3, -0.25) is 4.68 Å². The first-order valence-corrected chi connectivity index (χ1v) is 4.29. The molecule has 12 heavy (non-hydrogen) atoms. The van der Waals surface area contributed by atoms with Crippen LogP contribution in [0, 0.1) is 0 Å². The van der Waals surface area contributed by atoms with Crippen LogP contribution in [0.15, 0.2) is 12.4 Å². The van der Waals surface area contributed by atoms with Gasteiger partial charge in [0, 0.05) is 25.9 Å². The molecule has 0 saturated carbocycles. The van der Waals surface area contributed by atoms with E-state index in [-0.39, 0.29) is 6.10 Å². The number of rotatable bonds is 4. The monoisotopic (exact) mass is 168 g/mol. The van der Waals surface area contributed by atoms with E-state index in [1.807, 2.05) is 19.4 Å². The molecule has 0 amide bonds. The van der Waals surface area contributed by atoms with Crippen molar-refractivity contribution in [3.63, 3.8) is 0 Å². The maximum Gasteiger partial charge on any atom is 0.0851 e. The first-order valence-electron chi connectivity index (χ1n) is 4.29. The topological polar surface area (TPSA) is 27.1 Å². The SMILES string of the molecule is CCCC(OC)c1cnn(C)c1. The molecule has 1 unspecified atom stereocenters. The van der Waals surface area contributed by atoms with Gasteiger partial charge in [-0.2, -0.15) is 5.10 Å². The third-order valence-corrected chi connectivity index (χ3v) is 1.93. The number of nitrogens with zero attached hydrogens (tertiary/aromatic N) is 2. The number of aromatic nitrogens is 2. The van der Waals surface area contributed by atoms with Crippen LogP contribution < -0.4 is 0 Å². The number of hydrogen-bond donors (Lipinski definition) is 0. The third kappa shape index (κ3) is 2.08. The van der Waals surface area contributed by atoms with Gasteiger partial charge in [0.25, 0.3) is 0 Å². The van der Waals surface area contributed by atoms with Gasteiger partial charge in [0.1, 0.15) is 0 Å². The van der Waals surface area contributed by atoms with Gasteiger partial charge < -0.3 is 4.74 Å². The van der Waals surface area contributed by atoms with Gasteiger partial charge >= 0.3 is 0 Å². The molecule has 1 rings (SSSR count). The lowest BCUT2D eigenvalue weighted by atomic mass is 10.1. The number of hydrogen-bond acceptors (Lipinski definition) is 2. The minimum absolute atomic E-state index is 0.212. The maximum absolute atomic E-state index is 5.34. The van der Waals surface area contributed by atoms with Crippen molar-refractivity contribution >= 4 is 0 Å². The zero-order valence-electron chi connectivity index (χ0n) is 7.95. The van der Waals surface area contributed by atoms with Crippen molar-refractivity contribution in [2.75, 3.05) is 7.11 Å². The Balaban J connectivity index is 2.66. The summed E-state index contributed by atoms with van der Waals surface area (Å²) >= 11 is 0. The smallest absolute Gasteiger partial charge is 0.0851 e. The lowest BCUT2D eigenvalue weighted by Crippen LogP contribution is -1.99. The molecule has 0 spiro atoms. The van der Waals surface area contributed by atoms with Gasteiger partial charge in [-0.05, 0) is 6.42 Å². The molecule has 0 bridgehead atoms. The fourth-order valence-electron chi connectivity index (χ4n) is 1.29. The van der Waals surface area contributed by atoms with Gasteiger partial charge in [0.2, 0.25) is 0 Å². The van der Waals surface area contributed by atoms with Crippen LogP contribution in [0.1, 0.15) is 31.4 Å². The van der Waals surface area contributed by atoms with E-state index in [1.165, 1.54) is 5.56 Å². The van der Waals surface area contributed by atoms with Crippen molar-refractivity contribution in [2.24, 2.45) is 7.05 Å². The molecule has 1 atom stereocenters. The molecular formula is C9H16N2O. The second kappa shape index (κ2) is 4.26. The van der Waals surface area contributed by atoms with Crippen LogP contribution in [0.25, 0.3) is 0 Å². The lowest BCUT2D eigenvalue weighted by molar-refractivity contribution is 0.0949. The van der Waals surface area contributed by atoms with Crippen molar-refractivity contribution < 1.29 is 4.74 Å². The Morgan fingerprint density at radius 2 is 2.42 bits per heavy atom. The van der Waals surface area contributed by atoms with Crippen LogP contribution in [-0.2, 0) is 11.8 Å². The summed E-state index contributed by atoms with van der Waals surface area (Å²) < 4.78 is 7.14. The Kier molecular flexibility index (Phi) is 3.29. The molecule has 0 aliphatic rings. The van der Waals surface area contributed by atoms with E-state index in [0.29, 0.717) is 0 Å². The summed E-state index contributed by atoms with van der Waals surface area (Å²) in [6.45, 7) is 2.16. The fourth-order valence-corrected chi connectivity index (χ4v) is 1.29. The minimum Gasteiger partial charge on any atom is -0.377 e. The lowest BCUT2D eigenvalue weighted by Gasteiger charge is -2.11. The Hall–Kier alpha value is -0.830. The van der Waals surface area contributed by atoms with Gasteiger partial charge in [-0.15, -0.1) is 0 Å². The van der Waals surface area contributed by atoms with Crippen molar-refractivity contribution in [3.05, 3.63) is 18.0 Å². The maximum atomic E-state index is 5.34. The molecule has 68 valence electrons. The normalized spacial score (nSPS) is 13.2. The van der Waals surface area contributed by atoms with E-state index in [9.17, 15) is 0 Å². The highest BCUT2D eigenvalue weighted by Gasteiger charge is 2.10. The Morgan fingerprint density at radius 1 is 1.67 bits per heavy atom. The Labute approximate surface area is 73.3 Å². The van der Waals surface area contributed by atoms with Gasteiger partial charge in [-0.1, -0.05) is 13.3 Å². The first-order chi connectivity index (χ1) is 5.77. The van der Waals surface area contributed by atoms with E-state index in [0.717, 1.165) is 12.8 Å². The zero-order chi connectivity index (χ0) is 8.97. The molecule has 3 heteroatoms. The van der Waals surface area contributed by atoms with Crippen LogP contribution >= 0.6 is 0 Å². The number of ether oxygens (including phenoxy) is 1. The van der Waals surface area contributed by atoms with Crippen molar-refractivity contribution in [1.29, 1.82) is 0 Å². The molecule has 3 nitrogen and oxygen atoms in total. The van der Waals surface area contributed by atoms with Gasteiger partial charge in [0.05, 0.1) is 12.3 Å². The van der Waals surface area contributed by atoms with Gasteiger partial charge in [0.15, 0.2) is 0 Å². The quantitative estimate of drug-likeness (QED) is 0.686. The highest BCUT2D eigenvalue weighted by molar-refractivity contribution is 5.07. The van der Waals surface area contributed by atoms with E-state index < -0.39 is 0 Å². The second-order valence-electron chi connectivity index (χ2n) is 2.96. The zero-order valence-corrected chi connectivity index (χ0v) is 7.95. The molecule has 0 aliphatic carbocycles. The Bertz CT molecular complexity index is 232. The summed E-state index contributed by atoms with van der Waals surface area (Å²) in [4.78, 5) is 0. The fraction of sp³-hybridized carbons (Fsp3) is 0.667. The predicted octanol–water partition coefficient (Wildman–Crippen LogP) is 1.91. The second-order valence-corrected chi connectivity index (χ2v) is 2.96. The van der Waals surface area contributed by atoms with E-state index in [2.05, 4.69) is 12.0 Å². The third-order valence-electron chi connectivity index (χ3n) is 1.93. The van der Waals surface area contributed by atoms with Crippen molar-refractivity contribution in [3.8, 4) is 0 Å². The number of methoxy groups -OCH3 is 1. The molecule has 1 aromatic heterocycles. The average molecular weight is 168 g/mol. The summed E-state index contributed by atoms with van der Waals surface area (Å²) in [5.41, 5.74) is 1.17. The summed E-state index contributed by atoms with van der Waals surface area (Å²) in [5.74, 6) is 0. The summed E-state index contributed by atoms with van der Waals surface area (Å²) in [6, 6.07) is 0. The van der Waals surface area contributed by atoms with Crippen molar-refractivity contribution in [1.82, 2.24) is 9.78 Å². The molecule has 1 heterocycles. The molecule has 0 radical (unpaired) electrons. The first kappa shape index (κ1) is 9.26. The summed E-state index contributed by atoms with van der Waals surface area (Å²) in [6.07, 6.45) is 6.27. The van der Waals surface area contributed by atoms with Gasteiger partial charge in [-0.25, -0.2) is 0 Å². The molecule has 0 aliphatic heterocycles. The highest BCUT2D eigenvalue weighted by Crippen LogP contribution is 2.20. The molecule has 1 aromatic rings. The van der Waals surface area contributed by atoms with Crippen LogP contribution in [0.2, 0.25) is 0 Å². The van der Waals surface area contributed by atoms with Crippen LogP contribution in [0.5, 0.6) is 0 Å². The largest absolute Gasteiger partial charge is 0.377 e. The van der Waals surface area contributed by atoms with E-state index >= 15 is 0 Å². The standard InChI is InChI=1S/C9H16N2O/c1-4-5-9(12-3)8-6-10-11(2)7-8/h6-7,9H,4-5H2,1-3H3. The Morgan fingerprint density at radius 3 is 2.83 bits per heavy atom. The summed E-state index contributed by atoms with van der Waals surface area (Å²) in [5, 5.41) is 4.10. The van der Waals surface area contributed by atoms with Crippen LogP contribution in [-0.4, -0.2) is 16.9 Å². The summed E-state index contributed by atoms with van der Waals surface area (Å²) in [7, 11) is 3.66. The van der Waals surface area contributed by atoms with Crippen LogP contribution in [0.3, 0.4) is 0 Å². The van der Waals surface area contributed by atoms with Crippen LogP contribution in [0.4, 0.5) is 0 Å². The van der Waals surface area contributed by atoms with E-state index in [4.69, 9.17) is 4.74 Å². The molecule has 0 aromatic carbocycles. The molecule has 0 saturated heterocycles. The van der Waals surface area contributed by atoms with Crippen molar-refractivity contribution in [2.45, 2.75) is 25.9 Å². The van der Waals surface area contributed by atoms with E-state index in [1.54, 1.807) is 11.8 Å². The molecular weight excluding hydrogens is 152 g/mol. The highest BCUT2D eigenvalue weighted by atomic mass is 16.5.